The van der Waals surface area contributed by atoms with E-state index in [1.54, 1.807) is 18.2 Å². The fourth-order valence-electron chi connectivity index (χ4n) is 3.43. The van der Waals surface area contributed by atoms with Gasteiger partial charge in [-0.3, -0.25) is 4.98 Å². The number of fused-ring (bicyclic) bond motifs is 3. The molecule has 0 saturated carbocycles. The normalized spacial score (nSPS) is 13.0. The Hall–Kier alpha value is -2.10. The minimum Gasteiger partial charge on any atom is -0.437 e. The third-order valence-corrected chi connectivity index (χ3v) is 4.92. The van der Waals surface area contributed by atoms with Crippen LogP contribution in [0.1, 0.15) is 16.8 Å². The number of hydrogen-bond acceptors (Lipinski definition) is 3. The summed E-state index contributed by atoms with van der Waals surface area (Å²) >= 11 is 0. The lowest BCUT2D eigenvalue weighted by atomic mass is 9.34. The summed E-state index contributed by atoms with van der Waals surface area (Å²) in [6, 6.07) is 10.5. The first-order chi connectivity index (χ1) is 14.3. The van der Waals surface area contributed by atoms with E-state index in [1.807, 2.05) is 18.2 Å². The predicted molar refractivity (Wildman–Crippen MR) is 132 cm³/mol. The van der Waals surface area contributed by atoms with Gasteiger partial charge in [-0.2, -0.15) is 0 Å². The zero-order valence-corrected chi connectivity index (χ0v) is 16.5. The zero-order valence-electron chi connectivity index (χ0n) is 16.5. The highest BCUT2D eigenvalue weighted by Gasteiger charge is 2.25. The summed E-state index contributed by atoms with van der Waals surface area (Å²) in [5, 5.41) is -3.57. The molecule has 0 amide bonds. The smallest absolute Gasteiger partial charge is 0.227 e. The van der Waals surface area contributed by atoms with Crippen molar-refractivity contribution in [1.29, 1.82) is 0 Å². The van der Waals surface area contributed by atoms with Crippen LogP contribution in [0.3, 0.4) is 0 Å². The highest BCUT2D eigenvalue weighted by Crippen LogP contribution is 2.36. The van der Waals surface area contributed by atoms with Crippen molar-refractivity contribution >= 4 is 92.7 Å². The lowest BCUT2D eigenvalue weighted by molar-refractivity contribution is 0.652. The van der Waals surface area contributed by atoms with Crippen LogP contribution >= 0.6 is 0 Å². The molecule has 31 heavy (non-hydrogen) atoms. The Bertz CT molecular complexity index is 1300. The lowest BCUT2D eigenvalue weighted by Gasteiger charge is -2.32. The van der Waals surface area contributed by atoms with Crippen molar-refractivity contribution in [3.63, 3.8) is 0 Å². The first kappa shape index (κ1) is 22.1. The largest absolute Gasteiger partial charge is 0.437 e. The molecule has 0 aliphatic carbocycles. The Morgan fingerprint density at radius 1 is 0.710 bits per heavy atom. The molecule has 0 unspecified atom stereocenters. The molecule has 3 nitrogen and oxygen atoms in total. The van der Waals surface area contributed by atoms with Gasteiger partial charge in [0.25, 0.3) is 0 Å². The first-order valence-electron chi connectivity index (χ1n) is 9.21. The van der Waals surface area contributed by atoms with Gasteiger partial charge in [-0.1, -0.05) is 22.8 Å². The summed E-state index contributed by atoms with van der Waals surface area (Å²) < 4.78 is 6.01. The van der Waals surface area contributed by atoms with Crippen LogP contribution in [-0.4, -0.2) is 80.6 Å². The van der Waals surface area contributed by atoms with Gasteiger partial charge in [0.15, 0.2) is 0 Å². The van der Waals surface area contributed by atoms with E-state index in [9.17, 15) is 0 Å². The second-order valence-electron chi connectivity index (χ2n) is 7.75. The maximum Gasteiger partial charge on any atom is 0.227 e. The van der Waals surface area contributed by atoms with E-state index in [1.165, 1.54) is 6.20 Å². The van der Waals surface area contributed by atoms with E-state index in [4.69, 9.17) is 75.0 Å². The molecule has 0 aliphatic rings. The first-order valence-corrected chi connectivity index (χ1v) is 9.21. The van der Waals surface area contributed by atoms with Crippen LogP contribution < -0.4 is 0 Å². The van der Waals surface area contributed by atoms with Crippen LogP contribution in [0.5, 0.6) is 0 Å². The number of para-hydroxylation sites is 1. The summed E-state index contributed by atoms with van der Waals surface area (Å²) in [5.41, 5.74) is 2.64. The summed E-state index contributed by atoms with van der Waals surface area (Å²) in [6.07, 6.45) is 1.38. The molecule has 12 heteroatoms. The van der Waals surface area contributed by atoms with Gasteiger partial charge in [-0.05, 0) is 29.8 Å². The third-order valence-electron chi connectivity index (χ3n) is 4.92. The zero-order chi connectivity index (χ0) is 22.8. The standard InChI is InChI=1S/C19H7B9N2O/c20-17(21,22)11-6-13(29-7-12(11)18(23,24)25)10-3-1-2-8-9-4-5-14(19(26,27)28)30-16(9)31-15(8)10/h1-7H. The molecule has 4 rings (SSSR count). The Morgan fingerprint density at radius 2 is 1.39 bits per heavy atom. The Kier molecular flexibility index (Phi) is 5.15. The topological polar surface area (TPSA) is 38.9 Å². The maximum absolute atomic E-state index is 6.01. The van der Waals surface area contributed by atoms with E-state index < -0.39 is 15.3 Å². The fraction of sp³-hybridized carbons (Fsp3) is 0.158. The quantitative estimate of drug-likeness (QED) is 0.467. The number of benzene rings is 1. The van der Waals surface area contributed by atoms with E-state index in [-0.39, 0.29) is 16.8 Å². The van der Waals surface area contributed by atoms with Gasteiger partial charge in [0, 0.05) is 28.2 Å². The van der Waals surface area contributed by atoms with Crippen molar-refractivity contribution in [2.75, 3.05) is 0 Å². The third kappa shape index (κ3) is 4.06. The molecule has 0 N–H and O–H groups in total. The monoisotopic (exact) mass is 378 g/mol. The Labute approximate surface area is 193 Å². The van der Waals surface area contributed by atoms with E-state index in [2.05, 4.69) is 9.97 Å². The molecule has 0 spiro atoms. The number of rotatable bonds is 4. The van der Waals surface area contributed by atoms with Gasteiger partial charge < -0.3 is 4.42 Å². The summed E-state index contributed by atoms with van der Waals surface area (Å²) in [5.74, 6) is 0. The molecule has 1 aromatic carbocycles. The predicted octanol–water partition coefficient (Wildman–Crippen LogP) is -0.110. The van der Waals surface area contributed by atoms with E-state index in [0.717, 1.165) is 10.8 Å². The summed E-state index contributed by atoms with van der Waals surface area (Å²) in [7, 11) is 52.5. The molecule has 4 aromatic rings. The van der Waals surface area contributed by atoms with Crippen LogP contribution in [0.15, 0.2) is 47.0 Å². The van der Waals surface area contributed by atoms with Crippen LogP contribution in [0.2, 0.25) is 0 Å². The average molecular weight is 377 g/mol. The molecule has 18 radical (unpaired) electrons. The van der Waals surface area contributed by atoms with Crippen LogP contribution in [0, 0.1) is 0 Å². The maximum atomic E-state index is 6.01. The van der Waals surface area contributed by atoms with E-state index in [0.29, 0.717) is 22.6 Å². The van der Waals surface area contributed by atoms with Gasteiger partial charge in [0.1, 0.15) is 5.58 Å². The minimum atomic E-state index is -1.76. The summed E-state index contributed by atoms with van der Waals surface area (Å²) in [4.78, 5) is 8.77. The van der Waals surface area contributed by atoms with Crippen LogP contribution in [0.25, 0.3) is 33.3 Å². The number of nitrogens with zero attached hydrogens (tertiary/aromatic N) is 2. The van der Waals surface area contributed by atoms with Crippen molar-refractivity contribution in [2.45, 2.75) is 15.3 Å². The van der Waals surface area contributed by atoms with Gasteiger partial charge in [-0.15, -0.1) is 10.2 Å². The molecule has 0 bridgehead atoms. The van der Waals surface area contributed by atoms with Crippen molar-refractivity contribution in [2.24, 2.45) is 0 Å². The molecular formula is C19H7B9N2O. The molecule has 3 aromatic heterocycles. The Balaban J connectivity index is 1.96. The minimum absolute atomic E-state index is 0.206. The van der Waals surface area contributed by atoms with E-state index >= 15 is 0 Å². The molecule has 126 valence electrons. The van der Waals surface area contributed by atoms with Crippen molar-refractivity contribution in [1.82, 2.24) is 9.97 Å². The molecule has 0 atom stereocenters. The second-order valence-corrected chi connectivity index (χ2v) is 7.75. The molecule has 0 saturated heterocycles. The van der Waals surface area contributed by atoms with Crippen molar-refractivity contribution in [3.8, 4) is 11.3 Å². The van der Waals surface area contributed by atoms with Crippen molar-refractivity contribution < 1.29 is 4.42 Å². The SMILES string of the molecule is [B]C([B])([B])c1ccc2c(n1)oc1c(-c3cc(C([B])([B])[B])c(C([B])([B])[B])cn3)cccc12. The van der Waals surface area contributed by atoms with Gasteiger partial charge in [-0.25, -0.2) is 4.98 Å². The second kappa shape index (κ2) is 7.22. The van der Waals surface area contributed by atoms with Gasteiger partial charge in [0.2, 0.25) is 5.71 Å². The molecule has 0 fully saturated rings. The van der Waals surface area contributed by atoms with Crippen LogP contribution in [-0.2, 0) is 15.3 Å². The molecular weight excluding hydrogens is 370 g/mol. The highest BCUT2D eigenvalue weighted by atomic mass is 16.3. The Morgan fingerprint density at radius 3 is 2.00 bits per heavy atom. The van der Waals surface area contributed by atoms with Gasteiger partial charge >= 0.3 is 0 Å². The average Bonchev–Trinajstić information content (AvgIpc) is 3.03. The van der Waals surface area contributed by atoms with Crippen LogP contribution in [0.4, 0.5) is 0 Å². The summed E-state index contributed by atoms with van der Waals surface area (Å²) in [6.45, 7) is 0. The van der Waals surface area contributed by atoms with Crippen molar-refractivity contribution in [3.05, 3.63) is 59.4 Å². The molecule has 3 heterocycles. The molecule has 0 aliphatic heterocycles. The number of hydrogen-bond donors (Lipinski definition) is 0. The number of aromatic nitrogens is 2. The van der Waals surface area contributed by atoms with Gasteiger partial charge in [0.05, 0.1) is 76.3 Å². The number of pyridine rings is 2. The lowest BCUT2D eigenvalue weighted by Crippen LogP contribution is -2.36. The number of furan rings is 1. The highest BCUT2D eigenvalue weighted by molar-refractivity contribution is 6.61. The fourth-order valence-corrected chi connectivity index (χ4v) is 3.43.